The van der Waals surface area contributed by atoms with Crippen molar-refractivity contribution in [2.24, 2.45) is 0 Å². The number of hydrogen-bond acceptors (Lipinski definition) is 8. The average molecular weight is 431 g/mol. The molecule has 0 aliphatic carbocycles. The van der Waals surface area contributed by atoms with Gasteiger partial charge in [-0.05, 0) is 0 Å². The van der Waals surface area contributed by atoms with E-state index in [1.54, 1.807) is 0 Å². The lowest BCUT2D eigenvalue weighted by atomic mass is 10.4. The van der Waals surface area contributed by atoms with Gasteiger partial charge in [0.25, 0.3) is 0 Å². The van der Waals surface area contributed by atoms with Crippen LogP contribution in [0.5, 0.6) is 0 Å². The van der Waals surface area contributed by atoms with Crippen molar-refractivity contribution in [3.05, 3.63) is 0 Å². The Labute approximate surface area is 171 Å². The van der Waals surface area contributed by atoms with Crippen LogP contribution in [0.2, 0.25) is 24.2 Å². The molecule has 8 nitrogen and oxygen atoms in total. The second-order valence-corrected chi connectivity index (χ2v) is 9.08. The molecule has 0 rings (SSSR count). The third-order valence-corrected chi connectivity index (χ3v) is 5.96. The normalized spacial score (nSPS) is 10.6. The maximum Gasteiger partial charge on any atom is 0.305 e. The molecular weight excluding hydrogens is 400 g/mol. The number of carbonyl (C=O) groups excluding carboxylic acids is 4. The lowest BCUT2D eigenvalue weighted by Gasteiger charge is -2.16. The van der Waals surface area contributed by atoms with E-state index in [4.69, 9.17) is 18.9 Å². The summed E-state index contributed by atoms with van der Waals surface area (Å²) in [5, 5.41) is 0. The summed E-state index contributed by atoms with van der Waals surface area (Å²) in [7, 11) is 1.45. The van der Waals surface area contributed by atoms with E-state index in [2.05, 4.69) is 0 Å². The lowest BCUT2D eigenvalue weighted by molar-refractivity contribution is -0.187. The highest BCUT2D eigenvalue weighted by molar-refractivity contribution is 6.36. The zero-order chi connectivity index (χ0) is 21.4. The van der Waals surface area contributed by atoms with E-state index in [0.717, 1.165) is 56.1 Å². The Hall–Kier alpha value is -1.69. The standard InChI is InChI=1S/C18H30O8Si2/c1-13(19)23-17(24-14(2)20)7-11-27-9-5-6-10-28-12-8-18(25-15(3)21)26-16(4)22/h17-18H,5-12H2,1-4H3. The fraction of sp³-hybridized carbons (Fsp3) is 0.778. The number of hydrogen-bond donors (Lipinski definition) is 0. The van der Waals surface area contributed by atoms with E-state index < -0.39 is 36.5 Å². The van der Waals surface area contributed by atoms with Crippen LogP contribution in [-0.4, -0.2) is 55.5 Å². The van der Waals surface area contributed by atoms with Gasteiger partial charge in [0, 0.05) is 59.6 Å². The molecule has 0 unspecified atom stereocenters. The molecule has 28 heavy (non-hydrogen) atoms. The zero-order valence-electron chi connectivity index (χ0n) is 17.1. The van der Waals surface area contributed by atoms with Crippen molar-refractivity contribution in [1.82, 2.24) is 0 Å². The maximum absolute atomic E-state index is 11.0. The van der Waals surface area contributed by atoms with Crippen LogP contribution in [0, 0.1) is 0 Å². The molecule has 0 atom stereocenters. The quantitative estimate of drug-likeness (QED) is 0.169. The highest BCUT2D eigenvalue weighted by Crippen LogP contribution is 2.11. The molecule has 0 aliphatic rings. The summed E-state index contributed by atoms with van der Waals surface area (Å²) in [5.74, 6) is -1.83. The van der Waals surface area contributed by atoms with E-state index in [0.29, 0.717) is 12.8 Å². The summed E-state index contributed by atoms with van der Waals surface area (Å²) in [5.41, 5.74) is 0. The van der Waals surface area contributed by atoms with Crippen LogP contribution < -0.4 is 0 Å². The number of rotatable bonds is 15. The van der Waals surface area contributed by atoms with E-state index in [1.807, 2.05) is 0 Å². The largest absolute Gasteiger partial charge is 0.425 e. The third-order valence-electron chi connectivity index (χ3n) is 3.26. The van der Waals surface area contributed by atoms with Crippen molar-refractivity contribution in [1.29, 1.82) is 0 Å². The van der Waals surface area contributed by atoms with Gasteiger partial charge in [-0.15, -0.1) is 0 Å². The van der Waals surface area contributed by atoms with Gasteiger partial charge in [-0.2, -0.15) is 0 Å². The molecule has 10 heteroatoms. The Morgan fingerprint density at radius 3 is 1.11 bits per heavy atom. The summed E-state index contributed by atoms with van der Waals surface area (Å²) in [4.78, 5) is 43.9. The first-order chi connectivity index (χ1) is 13.2. The van der Waals surface area contributed by atoms with Gasteiger partial charge in [0.15, 0.2) is 0 Å². The third kappa shape index (κ3) is 17.7. The minimum absolute atomic E-state index is 0.458. The fourth-order valence-corrected chi connectivity index (χ4v) is 4.59. The molecule has 0 aromatic carbocycles. The van der Waals surface area contributed by atoms with Gasteiger partial charge in [-0.1, -0.05) is 37.0 Å². The summed E-state index contributed by atoms with van der Waals surface area (Å²) >= 11 is 0. The van der Waals surface area contributed by atoms with Gasteiger partial charge in [0.2, 0.25) is 12.6 Å². The smallest absolute Gasteiger partial charge is 0.305 e. The molecule has 0 aromatic heterocycles. The van der Waals surface area contributed by atoms with Crippen LogP contribution in [0.15, 0.2) is 0 Å². The SMILES string of the molecule is CC(=O)OC(CC[Si]CCCC[Si]CCC(OC(C)=O)OC(C)=O)OC(C)=O. The Morgan fingerprint density at radius 2 is 0.857 bits per heavy atom. The fourth-order valence-electron chi connectivity index (χ4n) is 2.21. The molecular formula is C18H30O8Si2. The average Bonchev–Trinajstić information content (AvgIpc) is 2.54. The summed E-state index contributed by atoms with van der Waals surface area (Å²) < 4.78 is 19.8. The highest BCUT2D eigenvalue weighted by Gasteiger charge is 2.15. The second kappa shape index (κ2) is 16.3. The maximum atomic E-state index is 11.0. The molecule has 0 saturated heterocycles. The van der Waals surface area contributed by atoms with Crippen molar-refractivity contribution in [3.63, 3.8) is 0 Å². The summed E-state index contributed by atoms with van der Waals surface area (Å²) in [6, 6.07) is 3.86. The first-order valence-corrected chi connectivity index (χ1v) is 12.1. The van der Waals surface area contributed by atoms with Crippen LogP contribution in [0.3, 0.4) is 0 Å². The monoisotopic (exact) mass is 430 g/mol. The molecule has 0 heterocycles. The van der Waals surface area contributed by atoms with Crippen molar-refractivity contribution in [3.8, 4) is 0 Å². The van der Waals surface area contributed by atoms with E-state index in [-0.39, 0.29) is 0 Å². The number of unbranched alkanes of at least 4 members (excludes halogenated alkanes) is 1. The summed E-state index contributed by atoms with van der Waals surface area (Å²) in [6.45, 7) is 5.17. The molecule has 158 valence electrons. The lowest BCUT2D eigenvalue weighted by Crippen LogP contribution is -2.22. The van der Waals surface area contributed by atoms with Gasteiger partial charge in [0.1, 0.15) is 0 Å². The van der Waals surface area contributed by atoms with E-state index in [1.165, 1.54) is 27.7 Å². The molecule has 0 spiro atoms. The molecule has 0 bridgehead atoms. The Balaban J connectivity index is 3.71. The van der Waals surface area contributed by atoms with Gasteiger partial charge >= 0.3 is 23.9 Å². The minimum atomic E-state index is -0.786. The van der Waals surface area contributed by atoms with Gasteiger partial charge in [-0.25, -0.2) is 0 Å². The second-order valence-electron chi connectivity index (χ2n) is 6.08. The van der Waals surface area contributed by atoms with Crippen molar-refractivity contribution in [2.45, 2.75) is 90.1 Å². The molecule has 0 aromatic rings. The van der Waals surface area contributed by atoms with E-state index in [9.17, 15) is 19.2 Å². The van der Waals surface area contributed by atoms with Crippen LogP contribution in [0.25, 0.3) is 0 Å². The predicted octanol–water partition coefficient (Wildman–Crippen LogP) is 2.53. The van der Waals surface area contributed by atoms with E-state index >= 15 is 0 Å². The molecule has 0 fully saturated rings. The van der Waals surface area contributed by atoms with Gasteiger partial charge in [0.05, 0.1) is 0 Å². The Morgan fingerprint density at radius 1 is 0.571 bits per heavy atom. The molecule has 0 saturated carbocycles. The first kappa shape index (κ1) is 26.3. The zero-order valence-corrected chi connectivity index (χ0v) is 19.1. The van der Waals surface area contributed by atoms with Crippen LogP contribution in [0.1, 0.15) is 53.4 Å². The number of esters is 4. The molecule has 0 N–H and O–H groups in total. The summed E-state index contributed by atoms with van der Waals surface area (Å²) in [6.07, 6.45) is 1.68. The molecule has 0 amide bonds. The first-order valence-electron chi connectivity index (χ1n) is 9.31. The Kier molecular flexibility index (Phi) is 15.3. The van der Waals surface area contributed by atoms with Crippen molar-refractivity contribution >= 4 is 42.9 Å². The van der Waals surface area contributed by atoms with Gasteiger partial charge in [-0.3, -0.25) is 19.2 Å². The van der Waals surface area contributed by atoms with Crippen LogP contribution >= 0.6 is 0 Å². The topological polar surface area (TPSA) is 105 Å². The van der Waals surface area contributed by atoms with Crippen LogP contribution in [-0.2, 0) is 38.1 Å². The number of carbonyl (C=O) groups is 4. The molecule has 4 radical (unpaired) electrons. The number of ether oxygens (including phenoxy) is 4. The van der Waals surface area contributed by atoms with Gasteiger partial charge < -0.3 is 18.9 Å². The highest BCUT2D eigenvalue weighted by atomic mass is 28.2. The molecule has 0 aliphatic heterocycles. The van der Waals surface area contributed by atoms with Crippen molar-refractivity contribution < 1.29 is 38.1 Å². The Bertz CT molecular complexity index is 422. The van der Waals surface area contributed by atoms with Crippen LogP contribution in [0.4, 0.5) is 0 Å². The minimum Gasteiger partial charge on any atom is -0.425 e. The predicted molar refractivity (Wildman–Crippen MR) is 104 cm³/mol. The van der Waals surface area contributed by atoms with Crippen molar-refractivity contribution in [2.75, 3.05) is 0 Å².